The number of esters is 1. The van der Waals surface area contributed by atoms with Gasteiger partial charge in [0.1, 0.15) is 5.75 Å². The number of carboxylic acids is 1. The Morgan fingerprint density at radius 3 is 2.20 bits per heavy atom. The van der Waals surface area contributed by atoms with Crippen LogP contribution in [0.4, 0.5) is 0 Å². The zero-order valence-corrected chi connectivity index (χ0v) is 13.0. The summed E-state index contributed by atoms with van der Waals surface area (Å²) in [6, 6.07) is 4.63. The normalized spacial score (nSPS) is 8.40. The first-order chi connectivity index (χ1) is 8.77. The Labute approximate surface area is 136 Å². The monoisotopic (exact) mass is 368 g/mol. The van der Waals surface area contributed by atoms with Gasteiger partial charge in [0.2, 0.25) is 5.76 Å². The Kier molecular flexibility index (Phi) is 11.2. The maximum atomic E-state index is 11.0. The van der Waals surface area contributed by atoms with Crippen LogP contribution in [0.15, 0.2) is 30.5 Å². The second-order valence-electron chi connectivity index (χ2n) is 3.08. The molecular weight excluding hydrogens is 359 g/mol. The first-order valence-corrected chi connectivity index (χ1v) is 5.61. The van der Waals surface area contributed by atoms with E-state index in [0.29, 0.717) is 15.8 Å². The summed E-state index contributed by atoms with van der Waals surface area (Å²) in [7, 11) is 1.24. The minimum Gasteiger partial charge on any atom is -0.550 e. The molecule has 0 aromatic heterocycles. The summed E-state index contributed by atoms with van der Waals surface area (Å²) >= 11 is 11.5. The fourth-order valence-electron chi connectivity index (χ4n) is 0.846. The van der Waals surface area contributed by atoms with Crippen molar-refractivity contribution in [2.45, 2.75) is 6.92 Å². The molecule has 0 bridgehead atoms. The number of hydrogen-bond acceptors (Lipinski definition) is 5. The van der Waals surface area contributed by atoms with Crippen LogP contribution < -0.4 is 9.84 Å². The first kappa shape index (κ1) is 21.1. The van der Waals surface area contributed by atoms with Crippen molar-refractivity contribution in [1.82, 2.24) is 0 Å². The molecule has 1 rings (SSSR count). The van der Waals surface area contributed by atoms with Crippen LogP contribution in [0, 0.1) is 0 Å². The molecule has 0 saturated heterocycles. The molecule has 0 atom stereocenters. The van der Waals surface area contributed by atoms with Crippen LogP contribution in [0.3, 0.4) is 0 Å². The molecule has 20 heavy (non-hydrogen) atoms. The number of carbonyl (C=O) groups is 2. The molecule has 0 aliphatic rings. The summed E-state index contributed by atoms with van der Waals surface area (Å²) in [4.78, 5) is 19.9. The number of carboxylic acid groups (broad SMARTS) is 1. The van der Waals surface area contributed by atoms with E-state index in [2.05, 4.69) is 11.3 Å². The molecular formula is C12H11Cl2CuO5. The zero-order valence-electron chi connectivity index (χ0n) is 10.5. The van der Waals surface area contributed by atoms with E-state index in [1.54, 1.807) is 12.1 Å². The van der Waals surface area contributed by atoms with Crippen molar-refractivity contribution in [1.29, 1.82) is 0 Å². The molecule has 0 unspecified atom stereocenters. The molecule has 5 nitrogen and oxygen atoms in total. The summed E-state index contributed by atoms with van der Waals surface area (Å²) in [6.45, 7) is 4.37. The molecule has 8 heteroatoms. The van der Waals surface area contributed by atoms with Crippen LogP contribution in [0.2, 0.25) is 10.0 Å². The van der Waals surface area contributed by atoms with Gasteiger partial charge in [-0.3, -0.25) is 0 Å². The Balaban J connectivity index is 0. The molecule has 1 aromatic carbocycles. The van der Waals surface area contributed by atoms with Gasteiger partial charge in [-0.2, -0.15) is 0 Å². The van der Waals surface area contributed by atoms with E-state index >= 15 is 0 Å². The summed E-state index contributed by atoms with van der Waals surface area (Å²) in [5, 5.41) is 9.67. The predicted molar refractivity (Wildman–Crippen MR) is 68.9 cm³/mol. The number of ether oxygens (including phenoxy) is 2. The van der Waals surface area contributed by atoms with Crippen LogP contribution in [0.5, 0.6) is 5.75 Å². The van der Waals surface area contributed by atoms with Crippen LogP contribution >= 0.6 is 23.2 Å². The van der Waals surface area contributed by atoms with Crippen LogP contribution in [0.1, 0.15) is 6.92 Å². The van der Waals surface area contributed by atoms with Crippen molar-refractivity contribution < 1.29 is 41.2 Å². The fraction of sp³-hybridized carbons (Fsp3) is 0.167. The first-order valence-electron chi connectivity index (χ1n) is 4.85. The van der Waals surface area contributed by atoms with E-state index in [4.69, 9.17) is 37.8 Å². The van der Waals surface area contributed by atoms with Crippen molar-refractivity contribution >= 4 is 35.1 Å². The number of aliphatic carboxylic acids is 1. The number of rotatable bonds is 3. The van der Waals surface area contributed by atoms with Gasteiger partial charge in [0.25, 0.3) is 0 Å². The Morgan fingerprint density at radius 1 is 1.30 bits per heavy atom. The third-order valence-corrected chi connectivity index (χ3v) is 2.07. The SMILES string of the molecule is C=C(Oc1ccc(Cl)cc1Cl)C(=O)OC.CC(=O)[O-].[Cu+]. The molecule has 114 valence electrons. The number of methoxy groups -OCH3 is 1. The van der Waals surface area contributed by atoms with Crippen molar-refractivity contribution in [2.75, 3.05) is 7.11 Å². The average Bonchev–Trinajstić information content (AvgIpc) is 2.30. The van der Waals surface area contributed by atoms with E-state index in [1.165, 1.54) is 13.2 Å². The zero-order chi connectivity index (χ0) is 15.0. The van der Waals surface area contributed by atoms with E-state index in [1.807, 2.05) is 0 Å². The molecule has 0 aliphatic carbocycles. The molecule has 0 saturated carbocycles. The van der Waals surface area contributed by atoms with Crippen LogP contribution in [0.25, 0.3) is 0 Å². The van der Waals surface area contributed by atoms with E-state index in [9.17, 15) is 4.79 Å². The van der Waals surface area contributed by atoms with Crippen LogP contribution in [-0.4, -0.2) is 19.0 Å². The second-order valence-corrected chi connectivity index (χ2v) is 3.93. The molecule has 0 spiro atoms. The smallest absolute Gasteiger partial charge is 0.550 e. The second kappa shape index (κ2) is 10.6. The quantitative estimate of drug-likeness (QED) is 0.351. The topological polar surface area (TPSA) is 75.7 Å². The minimum absolute atomic E-state index is 0. The van der Waals surface area contributed by atoms with Gasteiger partial charge in [0.05, 0.1) is 12.1 Å². The number of halogens is 2. The Bertz CT molecular complexity index is 487. The van der Waals surface area contributed by atoms with Crippen molar-refractivity contribution in [3.05, 3.63) is 40.6 Å². The van der Waals surface area contributed by atoms with Crippen molar-refractivity contribution in [3.8, 4) is 5.75 Å². The van der Waals surface area contributed by atoms with Gasteiger partial charge in [-0.1, -0.05) is 23.2 Å². The number of carbonyl (C=O) groups excluding carboxylic acids is 2. The molecule has 0 fully saturated rings. The maximum absolute atomic E-state index is 11.0. The van der Waals surface area contributed by atoms with E-state index in [-0.39, 0.29) is 22.8 Å². The van der Waals surface area contributed by atoms with Crippen LogP contribution in [-0.2, 0) is 31.4 Å². The average molecular weight is 370 g/mol. The van der Waals surface area contributed by atoms with Crippen molar-refractivity contribution in [2.24, 2.45) is 0 Å². The van der Waals surface area contributed by atoms with Gasteiger partial charge in [0.15, 0.2) is 0 Å². The molecule has 0 N–H and O–H groups in total. The van der Waals surface area contributed by atoms with Crippen molar-refractivity contribution in [3.63, 3.8) is 0 Å². The molecule has 0 amide bonds. The third kappa shape index (κ3) is 8.82. The summed E-state index contributed by atoms with van der Waals surface area (Å²) in [5.41, 5.74) is 0. The summed E-state index contributed by atoms with van der Waals surface area (Å²) < 4.78 is 9.51. The molecule has 1 aromatic rings. The molecule has 0 radical (unpaired) electrons. The van der Waals surface area contributed by atoms with Gasteiger partial charge < -0.3 is 19.4 Å². The maximum Gasteiger partial charge on any atom is 1.00 e. The fourth-order valence-corrected chi connectivity index (χ4v) is 1.29. The van der Waals surface area contributed by atoms with E-state index < -0.39 is 11.9 Å². The van der Waals surface area contributed by atoms with Gasteiger partial charge in [-0.15, -0.1) is 0 Å². The molecule has 0 aliphatic heterocycles. The molecule has 0 heterocycles. The predicted octanol–water partition coefficient (Wildman–Crippen LogP) is 1.81. The van der Waals surface area contributed by atoms with E-state index in [0.717, 1.165) is 6.92 Å². The van der Waals surface area contributed by atoms with Gasteiger partial charge >= 0.3 is 23.0 Å². The third-order valence-electron chi connectivity index (χ3n) is 1.54. The largest absolute Gasteiger partial charge is 1.00 e. The number of benzene rings is 1. The number of hydrogen-bond donors (Lipinski definition) is 0. The Hall–Kier alpha value is -1.20. The van der Waals surface area contributed by atoms with Gasteiger partial charge in [-0.05, 0) is 31.7 Å². The Morgan fingerprint density at radius 2 is 1.80 bits per heavy atom. The summed E-state index contributed by atoms with van der Waals surface area (Å²) in [5.74, 6) is -1.57. The summed E-state index contributed by atoms with van der Waals surface area (Å²) in [6.07, 6.45) is 0. The van der Waals surface area contributed by atoms with Gasteiger partial charge in [-0.25, -0.2) is 4.79 Å². The minimum atomic E-state index is -1.08. The standard InChI is InChI=1S/C10H8Cl2O3.C2H4O2.Cu/c1-6(10(13)14-2)15-9-4-3-7(11)5-8(9)12;1-2(3)4;/h3-5H,1H2,2H3;1H3,(H,3,4);/q;;+1/p-1. The van der Waals surface area contributed by atoms with Gasteiger partial charge in [0, 0.05) is 11.0 Å².